The minimum atomic E-state index is -1.48. The van der Waals surface area contributed by atoms with Crippen molar-refractivity contribution in [3.05, 3.63) is 145 Å². The second kappa shape index (κ2) is 15.5. The van der Waals surface area contributed by atoms with Crippen LogP contribution in [0.5, 0.6) is 0 Å². The summed E-state index contributed by atoms with van der Waals surface area (Å²) < 4.78 is 0. The number of aryl methyl sites for hydroxylation is 12. The van der Waals surface area contributed by atoms with Crippen molar-refractivity contribution in [2.75, 3.05) is 0 Å². The first-order chi connectivity index (χ1) is 23.3. The molecule has 0 bridgehead atoms. The van der Waals surface area contributed by atoms with Gasteiger partial charge in [-0.05, 0) is 118 Å². The molecule has 0 saturated carbocycles. The zero-order valence-corrected chi connectivity index (χ0v) is 35.7. The van der Waals surface area contributed by atoms with Crippen LogP contribution in [0.3, 0.4) is 0 Å². The Hall–Kier alpha value is -3.41. The van der Waals surface area contributed by atoms with Gasteiger partial charge in [-0.25, -0.2) is 0 Å². The minimum Gasteiger partial charge on any atom is -0.189 e. The van der Waals surface area contributed by atoms with Gasteiger partial charge in [0.05, 0.1) is 5.30 Å². The normalized spacial score (nSPS) is 11.7. The maximum atomic E-state index is 2.40. The third-order valence-corrected chi connectivity index (χ3v) is 11.5. The van der Waals surface area contributed by atoms with E-state index in [2.05, 4.69) is 178 Å². The monoisotopic (exact) mass is 682 g/mol. The zero-order chi connectivity index (χ0) is 37.4. The molecular weight excluding hydrogens is 618 g/mol. The second-order valence-corrected chi connectivity index (χ2v) is 17.2. The van der Waals surface area contributed by atoms with E-state index in [0.29, 0.717) is 11.8 Å². The van der Waals surface area contributed by atoms with E-state index in [1.54, 1.807) is 0 Å². The van der Waals surface area contributed by atoms with E-state index in [9.17, 15) is 0 Å². The smallest absolute Gasteiger partial charge is 0.110 e. The molecule has 0 heterocycles. The molecule has 0 spiro atoms. The molecule has 0 saturated heterocycles. The van der Waals surface area contributed by atoms with Crippen LogP contribution < -0.4 is 27.2 Å². The van der Waals surface area contributed by atoms with E-state index in [-0.39, 0.29) is 0 Å². The number of hydrogen-bond acceptors (Lipinski definition) is 0. The Bertz CT molecular complexity index is 1690. The highest BCUT2D eigenvalue weighted by molar-refractivity contribution is 7.27. The predicted octanol–water partition coefficient (Wildman–Crippen LogP) is 9.93. The fourth-order valence-electron chi connectivity index (χ4n) is 9.78. The Balaban J connectivity index is 0.000000363. The Morgan fingerprint density at radius 3 is 0.720 bits per heavy atom. The molecule has 2 heteroatoms. The van der Waals surface area contributed by atoms with Crippen LogP contribution in [0.15, 0.2) is 66.7 Å². The van der Waals surface area contributed by atoms with Gasteiger partial charge in [0.2, 0.25) is 0 Å². The summed E-state index contributed by atoms with van der Waals surface area (Å²) in [6, 6.07) is 26.1. The first kappa shape index (κ1) is 39.4. The lowest BCUT2D eigenvalue weighted by Crippen LogP contribution is -2.78. The Morgan fingerprint density at radius 1 is 0.340 bits per heavy atom. The molecule has 0 aliphatic carbocycles. The molecule has 0 fully saturated rings. The van der Waals surface area contributed by atoms with Crippen molar-refractivity contribution < 1.29 is 0 Å². The van der Waals surface area contributed by atoms with E-state index >= 15 is 0 Å². The Morgan fingerprint density at radius 2 is 0.540 bits per heavy atom. The molecule has 0 aliphatic rings. The molecular formula is C48H64BP. The zero-order valence-electron chi connectivity index (χ0n) is 34.3. The quantitative estimate of drug-likeness (QED) is 0.124. The van der Waals surface area contributed by atoms with Gasteiger partial charge < -0.3 is 0 Å². The summed E-state index contributed by atoms with van der Waals surface area (Å²) >= 11 is 0. The van der Waals surface area contributed by atoms with Crippen molar-refractivity contribution in [2.45, 2.75) is 123 Å². The summed E-state index contributed by atoms with van der Waals surface area (Å²) in [6.45, 7) is 36.6. The van der Waals surface area contributed by atoms with Crippen LogP contribution in [0.4, 0.5) is 0 Å². The molecule has 0 amide bonds. The molecule has 0 radical (unpaired) electrons. The minimum absolute atomic E-state index is 0.641. The summed E-state index contributed by atoms with van der Waals surface area (Å²) in [6.07, 6.45) is -1.48. The fourth-order valence-corrected chi connectivity index (χ4v) is 10.2. The summed E-state index contributed by atoms with van der Waals surface area (Å²) in [5.74, 6) is 1.28. The molecule has 0 aromatic heterocycles. The summed E-state index contributed by atoms with van der Waals surface area (Å²) in [4.78, 5) is 0. The lowest BCUT2D eigenvalue weighted by molar-refractivity contribution is 0.836. The molecule has 5 aromatic rings. The van der Waals surface area contributed by atoms with Crippen molar-refractivity contribution in [2.24, 2.45) is 0 Å². The van der Waals surface area contributed by atoms with E-state index < -0.39 is 6.15 Å². The van der Waals surface area contributed by atoms with E-state index in [4.69, 9.17) is 0 Å². The van der Waals surface area contributed by atoms with Crippen molar-refractivity contribution in [3.63, 3.8) is 0 Å². The van der Waals surface area contributed by atoms with Crippen molar-refractivity contribution in [3.8, 4) is 0 Å². The van der Waals surface area contributed by atoms with Crippen molar-refractivity contribution >= 4 is 42.5 Å². The molecule has 264 valence electrons. The second-order valence-electron chi connectivity index (χ2n) is 16.4. The van der Waals surface area contributed by atoms with E-state index in [0.717, 1.165) is 0 Å². The Labute approximate surface area is 308 Å². The molecule has 0 nitrogen and oxygen atoms in total. The van der Waals surface area contributed by atoms with Crippen LogP contribution in [0, 0.1) is 83.1 Å². The summed E-state index contributed by atoms with van der Waals surface area (Å²) in [7, 11) is 1.98. The molecule has 1 atom stereocenters. The molecule has 5 rings (SSSR count). The standard InChI is InChI=1S/C36H44B.C12H19P/c1-21-13-25(5)33(26(6)14-21)37(34-27(7)15-22(2)16-28(34)8,35-29(9)17-23(3)18-30(35)10)36-31(11)19-24(4)20-32(36)12;1-8(2)10-5-11(9(3)4)7-12(13)6-10/h13-20H,1-12H3;5-9H,13H2,1-4H3/q-1;/p+1. The van der Waals surface area contributed by atoms with Gasteiger partial charge in [-0.2, -0.15) is 21.9 Å². The fraction of sp³-hybridized carbons (Fsp3) is 0.375. The number of hydrogen-bond donors (Lipinski definition) is 0. The van der Waals surface area contributed by atoms with Gasteiger partial charge in [-0.1, -0.05) is 149 Å². The largest absolute Gasteiger partial charge is 0.189 e. The molecule has 5 aromatic carbocycles. The van der Waals surface area contributed by atoms with Crippen LogP contribution in [0.25, 0.3) is 0 Å². The van der Waals surface area contributed by atoms with E-state index in [1.807, 2.05) is 9.24 Å². The maximum absolute atomic E-state index is 2.40. The first-order valence-corrected chi connectivity index (χ1v) is 19.5. The van der Waals surface area contributed by atoms with E-state index in [1.165, 1.54) is 105 Å². The first-order valence-electron chi connectivity index (χ1n) is 18.7. The average Bonchev–Trinajstić information content (AvgIpc) is 2.95. The van der Waals surface area contributed by atoms with Gasteiger partial charge in [-0.15, -0.1) is 0 Å². The lowest BCUT2D eigenvalue weighted by atomic mass is 9.10. The molecule has 1 unspecified atom stereocenters. The Kier molecular flexibility index (Phi) is 12.2. The predicted molar refractivity (Wildman–Crippen MR) is 232 cm³/mol. The molecule has 0 N–H and O–H groups in total. The number of benzene rings is 5. The highest BCUT2D eigenvalue weighted by Crippen LogP contribution is 2.26. The van der Waals surface area contributed by atoms with Crippen molar-refractivity contribution in [1.29, 1.82) is 0 Å². The highest BCUT2D eigenvalue weighted by atomic mass is 31.0. The SMILES string of the molecule is CC(C)c1cc([PH3+])cc(C(C)C)c1.Cc1cc(C)c([B-](c2c(C)cc(C)cc2C)(c2c(C)cc(C)cc2C)c2c(C)cc(C)cc2C)c(C)c1. The third kappa shape index (κ3) is 7.75. The lowest BCUT2D eigenvalue weighted by Gasteiger charge is -2.51. The van der Waals surface area contributed by atoms with Crippen LogP contribution in [-0.2, 0) is 0 Å². The van der Waals surface area contributed by atoms with Gasteiger partial charge in [0, 0.05) is 9.24 Å². The average molecular weight is 683 g/mol. The molecule has 0 aliphatic heterocycles. The van der Waals surface area contributed by atoms with Gasteiger partial charge >= 0.3 is 0 Å². The topological polar surface area (TPSA) is 0 Å². The van der Waals surface area contributed by atoms with Gasteiger partial charge in [-0.3, -0.25) is 0 Å². The van der Waals surface area contributed by atoms with Crippen LogP contribution in [0.1, 0.15) is 117 Å². The highest BCUT2D eigenvalue weighted by Gasteiger charge is 2.39. The summed E-state index contributed by atoms with van der Waals surface area (Å²) in [5, 5.41) is 1.41. The van der Waals surface area contributed by atoms with Gasteiger partial charge in [0.15, 0.2) is 0 Å². The van der Waals surface area contributed by atoms with Crippen LogP contribution in [0.2, 0.25) is 0 Å². The van der Waals surface area contributed by atoms with Gasteiger partial charge in [0.25, 0.3) is 0 Å². The van der Waals surface area contributed by atoms with Gasteiger partial charge in [0.1, 0.15) is 6.15 Å². The van der Waals surface area contributed by atoms with Crippen LogP contribution >= 0.6 is 9.24 Å². The maximum Gasteiger partial charge on any atom is 0.110 e. The van der Waals surface area contributed by atoms with Crippen molar-refractivity contribution in [1.82, 2.24) is 0 Å². The molecule has 50 heavy (non-hydrogen) atoms. The summed E-state index contributed by atoms with van der Waals surface area (Å²) in [5.41, 5.74) is 25.3. The third-order valence-electron chi connectivity index (χ3n) is 11.1. The van der Waals surface area contributed by atoms with Crippen LogP contribution in [-0.4, -0.2) is 6.15 Å². The number of rotatable bonds is 6.